The molecule has 2 aromatic rings. The van der Waals surface area contributed by atoms with Gasteiger partial charge >= 0.3 is 5.97 Å². The number of carbonyl (C=O) groups is 3. The van der Waals surface area contributed by atoms with Crippen LogP contribution in [0.2, 0.25) is 0 Å². The van der Waals surface area contributed by atoms with Crippen LogP contribution >= 0.6 is 0 Å². The van der Waals surface area contributed by atoms with Gasteiger partial charge in [-0.05, 0) is 37.5 Å². The van der Waals surface area contributed by atoms with E-state index < -0.39 is 23.8 Å². The van der Waals surface area contributed by atoms with Gasteiger partial charge < -0.3 is 9.64 Å². The lowest BCUT2D eigenvalue weighted by Crippen LogP contribution is -2.36. The monoisotopic (exact) mass is 409 g/mol. The van der Waals surface area contributed by atoms with E-state index in [4.69, 9.17) is 4.74 Å². The number of ether oxygens (including phenoxy) is 1. The fraction of sp³-hybridized carbons (Fsp3) is 0.375. The van der Waals surface area contributed by atoms with Crippen LogP contribution < -0.4 is 4.90 Å². The van der Waals surface area contributed by atoms with Crippen LogP contribution in [0.5, 0.6) is 0 Å². The first-order chi connectivity index (χ1) is 14.5. The molecule has 0 bridgehead atoms. The Balaban J connectivity index is 1.48. The third kappa shape index (κ3) is 3.74. The van der Waals surface area contributed by atoms with Crippen molar-refractivity contribution in [1.29, 1.82) is 0 Å². The van der Waals surface area contributed by atoms with Gasteiger partial charge in [-0.1, -0.05) is 43.2 Å². The van der Waals surface area contributed by atoms with Crippen molar-refractivity contribution in [2.24, 2.45) is 0 Å². The fourth-order valence-corrected chi connectivity index (χ4v) is 4.53. The molecule has 1 saturated carbocycles. The molecule has 0 N–H and O–H groups in total. The average Bonchev–Trinajstić information content (AvgIpc) is 3.42. The molecule has 1 aliphatic carbocycles. The Labute approximate surface area is 174 Å². The lowest BCUT2D eigenvalue weighted by Gasteiger charge is -2.27. The van der Waals surface area contributed by atoms with E-state index in [9.17, 15) is 18.8 Å². The van der Waals surface area contributed by atoms with Crippen LogP contribution in [0.25, 0.3) is 0 Å². The van der Waals surface area contributed by atoms with Gasteiger partial charge in [0.25, 0.3) is 0 Å². The minimum atomic E-state index is -1.03. The van der Waals surface area contributed by atoms with Crippen molar-refractivity contribution in [3.05, 3.63) is 65.5 Å². The number of halogens is 1. The van der Waals surface area contributed by atoms with Crippen LogP contribution in [0.15, 0.2) is 48.5 Å². The van der Waals surface area contributed by atoms with Gasteiger partial charge in [-0.3, -0.25) is 14.4 Å². The third-order valence-electron chi connectivity index (χ3n) is 6.12. The highest BCUT2D eigenvalue weighted by molar-refractivity contribution is 6.01. The second-order valence-corrected chi connectivity index (χ2v) is 7.97. The van der Waals surface area contributed by atoms with E-state index in [2.05, 4.69) is 0 Å². The van der Waals surface area contributed by atoms with E-state index in [0.29, 0.717) is 42.6 Å². The molecule has 1 saturated heterocycles. The Morgan fingerprint density at radius 1 is 1.03 bits per heavy atom. The van der Waals surface area contributed by atoms with Crippen LogP contribution in [0.4, 0.5) is 10.1 Å². The minimum Gasteiger partial charge on any atom is -0.457 e. The second-order valence-electron chi connectivity index (χ2n) is 7.97. The van der Waals surface area contributed by atoms with Gasteiger partial charge in [0, 0.05) is 29.8 Å². The number of ketones is 1. The summed E-state index contributed by atoms with van der Waals surface area (Å²) in [6.07, 6.45) is 3.94. The molecule has 30 heavy (non-hydrogen) atoms. The van der Waals surface area contributed by atoms with Gasteiger partial charge in [0.05, 0.1) is 5.41 Å². The van der Waals surface area contributed by atoms with Gasteiger partial charge in [-0.25, -0.2) is 4.39 Å². The van der Waals surface area contributed by atoms with Crippen LogP contribution in [0, 0.1) is 5.82 Å². The molecule has 0 aromatic heterocycles. The third-order valence-corrected chi connectivity index (χ3v) is 6.12. The molecular weight excluding hydrogens is 385 g/mol. The molecule has 2 aliphatic rings. The summed E-state index contributed by atoms with van der Waals surface area (Å²) >= 11 is 0. The van der Waals surface area contributed by atoms with Crippen molar-refractivity contribution in [1.82, 2.24) is 0 Å². The molecule has 5 nitrogen and oxygen atoms in total. The second kappa shape index (κ2) is 8.38. The number of benzene rings is 2. The number of Topliss-reactive ketones (excluding diaryl/α,β-unsaturated/α-hetero) is 1. The van der Waals surface area contributed by atoms with Crippen LogP contribution in [0.1, 0.15) is 54.4 Å². The Morgan fingerprint density at radius 2 is 1.80 bits per heavy atom. The van der Waals surface area contributed by atoms with Crippen molar-refractivity contribution < 1.29 is 23.5 Å². The molecule has 1 amide bonds. The highest BCUT2D eigenvalue weighted by Gasteiger charge is 2.46. The van der Waals surface area contributed by atoms with Gasteiger partial charge in [0.1, 0.15) is 5.82 Å². The molecule has 0 spiro atoms. The summed E-state index contributed by atoms with van der Waals surface area (Å²) in [6.45, 7) is 0.225. The molecule has 156 valence electrons. The van der Waals surface area contributed by atoms with Gasteiger partial charge in [0.2, 0.25) is 5.91 Å². The predicted molar refractivity (Wildman–Crippen MR) is 110 cm³/mol. The SMILES string of the molecule is O=C(COC(=O)C1(c2ccccc2F)CCCC1)c1cccc(N2CCCC2=O)c1. The lowest BCUT2D eigenvalue weighted by atomic mass is 9.78. The number of nitrogens with zero attached hydrogens (tertiary/aromatic N) is 1. The topological polar surface area (TPSA) is 63.7 Å². The normalized spacial score (nSPS) is 17.9. The molecule has 2 aromatic carbocycles. The van der Waals surface area contributed by atoms with Crippen molar-refractivity contribution >= 4 is 23.3 Å². The standard InChI is InChI=1S/C24H24FNO4/c25-20-10-2-1-9-19(20)24(12-3-4-13-24)23(29)30-16-21(27)17-7-5-8-18(15-17)26-14-6-11-22(26)28/h1-2,5,7-10,15H,3-4,6,11-14,16H2. The average molecular weight is 409 g/mol. The van der Waals surface area contributed by atoms with Crippen LogP contribution in [0.3, 0.4) is 0 Å². The summed E-state index contributed by atoms with van der Waals surface area (Å²) in [7, 11) is 0. The zero-order chi connectivity index (χ0) is 21.1. The van der Waals surface area contributed by atoms with Crippen LogP contribution in [-0.2, 0) is 19.7 Å². The first kappa shape index (κ1) is 20.3. The number of esters is 1. The van der Waals surface area contributed by atoms with E-state index >= 15 is 0 Å². The van der Waals surface area contributed by atoms with Gasteiger partial charge in [0.15, 0.2) is 12.4 Å². The largest absolute Gasteiger partial charge is 0.457 e. The number of rotatable bonds is 6. The Hall–Kier alpha value is -3.02. The zero-order valence-electron chi connectivity index (χ0n) is 16.7. The smallest absolute Gasteiger partial charge is 0.317 e. The number of amides is 1. The first-order valence-electron chi connectivity index (χ1n) is 10.4. The summed E-state index contributed by atoms with van der Waals surface area (Å²) in [6, 6.07) is 13.1. The number of anilines is 1. The molecule has 1 aliphatic heterocycles. The summed E-state index contributed by atoms with van der Waals surface area (Å²) < 4.78 is 19.8. The van der Waals surface area contributed by atoms with Crippen molar-refractivity contribution in [2.75, 3.05) is 18.1 Å². The lowest BCUT2D eigenvalue weighted by molar-refractivity contribution is -0.149. The number of hydrogen-bond donors (Lipinski definition) is 0. The summed E-state index contributed by atoms with van der Waals surface area (Å²) in [4.78, 5) is 39.3. The highest BCUT2D eigenvalue weighted by Crippen LogP contribution is 2.43. The summed E-state index contributed by atoms with van der Waals surface area (Å²) in [5, 5.41) is 0. The van der Waals surface area contributed by atoms with Crippen molar-refractivity contribution in [2.45, 2.75) is 43.9 Å². The Bertz CT molecular complexity index is 981. The quantitative estimate of drug-likeness (QED) is 0.530. The fourth-order valence-electron chi connectivity index (χ4n) is 4.53. The highest BCUT2D eigenvalue weighted by atomic mass is 19.1. The zero-order valence-corrected chi connectivity index (χ0v) is 16.7. The molecule has 1 heterocycles. The molecule has 0 atom stereocenters. The van der Waals surface area contributed by atoms with Gasteiger partial charge in [-0.15, -0.1) is 0 Å². The summed E-state index contributed by atoms with van der Waals surface area (Å²) in [5.74, 6) is -1.28. The summed E-state index contributed by atoms with van der Waals surface area (Å²) in [5.41, 5.74) is 0.365. The molecular formula is C24H24FNO4. The van der Waals surface area contributed by atoms with Crippen molar-refractivity contribution in [3.8, 4) is 0 Å². The van der Waals surface area contributed by atoms with E-state index in [0.717, 1.165) is 19.3 Å². The maximum Gasteiger partial charge on any atom is 0.317 e. The van der Waals surface area contributed by atoms with Gasteiger partial charge in [-0.2, -0.15) is 0 Å². The van der Waals surface area contributed by atoms with Crippen LogP contribution in [-0.4, -0.2) is 30.8 Å². The van der Waals surface area contributed by atoms with E-state index in [1.54, 1.807) is 47.4 Å². The number of carbonyl (C=O) groups excluding carboxylic acids is 3. The van der Waals surface area contributed by atoms with E-state index in [1.807, 2.05) is 0 Å². The van der Waals surface area contributed by atoms with Crippen molar-refractivity contribution in [3.63, 3.8) is 0 Å². The maximum atomic E-state index is 14.4. The molecule has 4 rings (SSSR count). The maximum absolute atomic E-state index is 14.4. The van der Waals surface area contributed by atoms with E-state index in [-0.39, 0.29) is 11.7 Å². The van der Waals surface area contributed by atoms with E-state index in [1.165, 1.54) is 6.07 Å². The minimum absolute atomic E-state index is 0.0408. The molecule has 6 heteroatoms. The Kier molecular flexibility index (Phi) is 5.66. The predicted octanol–water partition coefficient (Wildman–Crippen LogP) is 4.19. The Morgan fingerprint density at radius 3 is 2.50 bits per heavy atom. The molecule has 0 radical (unpaired) electrons. The first-order valence-corrected chi connectivity index (χ1v) is 10.4. The molecule has 2 fully saturated rings. The number of hydrogen-bond acceptors (Lipinski definition) is 4. The molecule has 0 unspecified atom stereocenters.